The summed E-state index contributed by atoms with van der Waals surface area (Å²) in [5, 5.41) is 11.3. The van der Waals surface area contributed by atoms with Crippen molar-refractivity contribution in [2.24, 2.45) is 0 Å². The monoisotopic (exact) mass is 466 g/mol. The highest BCUT2D eigenvalue weighted by atomic mass is 16.6. The van der Waals surface area contributed by atoms with Crippen LogP contribution in [0, 0.1) is 0 Å². The van der Waals surface area contributed by atoms with Gasteiger partial charge in [0, 0.05) is 18.7 Å². The Morgan fingerprint density at radius 3 is 2.53 bits per heavy atom. The number of methoxy groups -OCH3 is 1. The van der Waals surface area contributed by atoms with Gasteiger partial charge in [0.25, 0.3) is 11.7 Å². The Labute approximate surface area is 199 Å². The van der Waals surface area contributed by atoms with Crippen molar-refractivity contribution >= 4 is 17.4 Å². The summed E-state index contributed by atoms with van der Waals surface area (Å²) < 4.78 is 16.6. The zero-order chi connectivity index (χ0) is 24.2. The summed E-state index contributed by atoms with van der Waals surface area (Å²) in [6, 6.07) is 11.5. The molecule has 2 aliphatic heterocycles. The summed E-state index contributed by atoms with van der Waals surface area (Å²) in [7, 11) is 1.56. The van der Waals surface area contributed by atoms with Crippen LogP contribution >= 0.6 is 0 Å². The summed E-state index contributed by atoms with van der Waals surface area (Å²) in [5.41, 5.74) is 1.13. The minimum Gasteiger partial charge on any atom is -0.507 e. The standard InChI is InChI=1S/C26H30N2O6/c1-4-27(5-2)11-12-28-23(17-7-6-8-19(15-17)32-3)22(25(30)26(28)31)24(29)18-9-10-20-21(16-18)34-14-13-33-20/h6-10,15-16,23,29H,4-5,11-14H2,1-3H3/t23-/m0/s1. The molecule has 0 aliphatic carbocycles. The lowest BCUT2D eigenvalue weighted by atomic mass is 9.95. The Hall–Kier alpha value is -3.52. The molecule has 1 amide bonds. The molecule has 2 aliphatic rings. The van der Waals surface area contributed by atoms with Gasteiger partial charge >= 0.3 is 0 Å². The van der Waals surface area contributed by atoms with E-state index in [9.17, 15) is 14.7 Å². The van der Waals surface area contributed by atoms with E-state index in [2.05, 4.69) is 18.7 Å². The second kappa shape index (κ2) is 10.2. The number of aliphatic hydroxyl groups excluding tert-OH is 1. The van der Waals surface area contributed by atoms with Crippen LogP contribution in [0.2, 0.25) is 0 Å². The van der Waals surface area contributed by atoms with Crippen molar-refractivity contribution in [2.45, 2.75) is 19.9 Å². The third kappa shape index (κ3) is 4.46. The summed E-state index contributed by atoms with van der Waals surface area (Å²) in [6.07, 6.45) is 0. The van der Waals surface area contributed by atoms with Gasteiger partial charge in [0.15, 0.2) is 11.5 Å². The summed E-state index contributed by atoms with van der Waals surface area (Å²) >= 11 is 0. The molecule has 0 aromatic heterocycles. The highest BCUT2D eigenvalue weighted by Crippen LogP contribution is 2.41. The Kier molecular flexibility index (Phi) is 7.07. The third-order valence-corrected chi connectivity index (χ3v) is 6.32. The molecule has 8 heteroatoms. The number of rotatable bonds is 8. The predicted octanol–water partition coefficient (Wildman–Crippen LogP) is 3.23. The zero-order valence-electron chi connectivity index (χ0n) is 19.7. The fourth-order valence-corrected chi connectivity index (χ4v) is 4.40. The number of carbonyl (C=O) groups is 2. The molecule has 2 aromatic carbocycles. The lowest BCUT2D eigenvalue weighted by Crippen LogP contribution is -2.38. The molecule has 34 heavy (non-hydrogen) atoms. The van der Waals surface area contributed by atoms with E-state index in [1.54, 1.807) is 42.3 Å². The first-order valence-corrected chi connectivity index (χ1v) is 11.5. The first kappa shape index (κ1) is 23.6. The first-order chi connectivity index (χ1) is 16.5. The number of hydrogen-bond donors (Lipinski definition) is 1. The van der Waals surface area contributed by atoms with Crippen LogP contribution in [0.3, 0.4) is 0 Å². The van der Waals surface area contributed by atoms with Crippen molar-refractivity contribution in [3.63, 3.8) is 0 Å². The van der Waals surface area contributed by atoms with Crippen molar-refractivity contribution in [3.05, 3.63) is 59.2 Å². The molecule has 2 aromatic rings. The fraction of sp³-hybridized carbons (Fsp3) is 0.385. The molecular weight excluding hydrogens is 436 g/mol. The van der Waals surface area contributed by atoms with Crippen LogP contribution in [0.5, 0.6) is 17.2 Å². The minimum absolute atomic E-state index is 0.0504. The molecule has 0 unspecified atom stereocenters. The summed E-state index contributed by atoms with van der Waals surface area (Å²) in [4.78, 5) is 30.1. The first-order valence-electron chi connectivity index (χ1n) is 11.5. The molecule has 1 atom stereocenters. The van der Waals surface area contributed by atoms with Gasteiger partial charge in [-0.15, -0.1) is 0 Å². The Balaban J connectivity index is 1.80. The molecule has 0 saturated carbocycles. The van der Waals surface area contributed by atoms with Crippen LogP contribution in [0.1, 0.15) is 31.0 Å². The third-order valence-electron chi connectivity index (χ3n) is 6.32. The van der Waals surface area contributed by atoms with Gasteiger partial charge in [-0.2, -0.15) is 0 Å². The van der Waals surface area contributed by atoms with E-state index in [1.165, 1.54) is 0 Å². The number of likely N-dealkylation sites (tertiary alicyclic amines) is 1. The average molecular weight is 467 g/mol. The van der Waals surface area contributed by atoms with Crippen LogP contribution in [0.4, 0.5) is 0 Å². The molecule has 180 valence electrons. The zero-order valence-corrected chi connectivity index (χ0v) is 19.7. The number of aliphatic hydroxyl groups is 1. The van der Waals surface area contributed by atoms with E-state index in [-0.39, 0.29) is 11.3 Å². The average Bonchev–Trinajstić information content (AvgIpc) is 3.13. The van der Waals surface area contributed by atoms with E-state index >= 15 is 0 Å². The highest BCUT2D eigenvalue weighted by molar-refractivity contribution is 6.46. The number of Topliss-reactive ketones (excluding diaryl/α,β-unsaturated/α-hetero) is 1. The van der Waals surface area contributed by atoms with Gasteiger partial charge in [0.2, 0.25) is 0 Å². The number of fused-ring (bicyclic) bond motifs is 1. The number of nitrogens with zero attached hydrogens (tertiary/aromatic N) is 2. The minimum atomic E-state index is -0.737. The van der Waals surface area contributed by atoms with Crippen molar-refractivity contribution < 1.29 is 28.9 Å². The maximum absolute atomic E-state index is 13.2. The molecule has 2 heterocycles. The van der Waals surface area contributed by atoms with Crippen molar-refractivity contribution in [2.75, 3.05) is 46.5 Å². The molecule has 1 saturated heterocycles. The number of hydrogen-bond acceptors (Lipinski definition) is 7. The van der Waals surface area contributed by atoms with Gasteiger partial charge in [-0.25, -0.2) is 0 Å². The normalized spacial score (nSPS) is 19.1. The van der Waals surface area contributed by atoms with Crippen LogP contribution in [0.25, 0.3) is 5.76 Å². The Morgan fingerprint density at radius 2 is 1.82 bits per heavy atom. The number of likely N-dealkylation sites (N-methyl/N-ethyl adjacent to an activating group) is 1. The fourth-order valence-electron chi connectivity index (χ4n) is 4.40. The lowest BCUT2D eigenvalue weighted by Gasteiger charge is -2.28. The van der Waals surface area contributed by atoms with Crippen LogP contribution in [-0.2, 0) is 9.59 Å². The maximum atomic E-state index is 13.2. The van der Waals surface area contributed by atoms with E-state index in [0.717, 1.165) is 13.1 Å². The molecule has 4 rings (SSSR count). The van der Waals surface area contributed by atoms with Crippen molar-refractivity contribution in [1.29, 1.82) is 0 Å². The quantitative estimate of drug-likeness (QED) is 0.363. The molecule has 8 nitrogen and oxygen atoms in total. The topological polar surface area (TPSA) is 88.5 Å². The number of carbonyl (C=O) groups excluding carboxylic acids is 2. The van der Waals surface area contributed by atoms with E-state index in [4.69, 9.17) is 14.2 Å². The molecule has 0 bridgehead atoms. The molecule has 1 N–H and O–H groups in total. The SMILES string of the molecule is CCN(CC)CCN1C(=O)C(=O)C(=C(O)c2ccc3c(c2)OCCO3)[C@@H]1c1cccc(OC)c1. The van der Waals surface area contributed by atoms with E-state index in [1.807, 2.05) is 12.1 Å². The van der Waals surface area contributed by atoms with Crippen molar-refractivity contribution in [1.82, 2.24) is 9.80 Å². The molecule has 0 spiro atoms. The number of ketones is 1. The van der Waals surface area contributed by atoms with Crippen LogP contribution in [0.15, 0.2) is 48.0 Å². The molecular formula is C26H30N2O6. The van der Waals surface area contributed by atoms with Gasteiger partial charge in [-0.3, -0.25) is 9.59 Å². The summed E-state index contributed by atoms with van der Waals surface area (Å²) in [5.74, 6) is 0.0919. The van der Waals surface area contributed by atoms with Crippen LogP contribution in [-0.4, -0.2) is 73.1 Å². The van der Waals surface area contributed by atoms with E-state index in [0.29, 0.717) is 54.7 Å². The maximum Gasteiger partial charge on any atom is 0.295 e. The second-order valence-corrected chi connectivity index (χ2v) is 8.15. The van der Waals surface area contributed by atoms with Gasteiger partial charge < -0.3 is 29.1 Å². The number of ether oxygens (including phenoxy) is 3. The smallest absolute Gasteiger partial charge is 0.295 e. The predicted molar refractivity (Wildman–Crippen MR) is 127 cm³/mol. The second-order valence-electron chi connectivity index (χ2n) is 8.15. The van der Waals surface area contributed by atoms with Gasteiger partial charge in [-0.1, -0.05) is 26.0 Å². The lowest BCUT2D eigenvalue weighted by molar-refractivity contribution is -0.140. The van der Waals surface area contributed by atoms with Gasteiger partial charge in [0.1, 0.15) is 24.7 Å². The summed E-state index contributed by atoms with van der Waals surface area (Å²) in [6.45, 7) is 7.60. The number of amides is 1. The van der Waals surface area contributed by atoms with Gasteiger partial charge in [-0.05, 0) is 49.0 Å². The Bertz CT molecular complexity index is 1110. The van der Waals surface area contributed by atoms with E-state index < -0.39 is 17.7 Å². The Morgan fingerprint density at radius 1 is 1.09 bits per heavy atom. The number of benzene rings is 2. The van der Waals surface area contributed by atoms with Gasteiger partial charge in [0.05, 0.1) is 18.7 Å². The molecule has 0 radical (unpaired) electrons. The molecule has 1 fully saturated rings. The van der Waals surface area contributed by atoms with Crippen LogP contribution < -0.4 is 14.2 Å². The largest absolute Gasteiger partial charge is 0.507 e. The van der Waals surface area contributed by atoms with Crippen molar-refractivity contribution in [3.8, 4) is 17.2 Å². The highest BCUT2D eigenvalue weighted by Gasteiger charge is 2.46.